The van der Waals surface area contributed by atoms with Gasteiger partial charge < -0.3 is 5.11 Å². The van der Waals surface area contributed by atoms with Crippen molar-refractivity contribution in [3.63, 3.8) is 0 Å². The third kappa shape index (κ3) is 3.02. The molecule has 0 aliphatic rings. The lowest BCUT2D eigenvalue weighted by atomic mass is 9.77. The molecular formula is C24H23N3O. The molecule has 0 spiro atoms. The summed E-state index contributed by atoms with van der Waals surface area (Å²) in [6, 6.07) is 30.9. The van der Waals surface area contributed by atoms with Crippen molar-refractivity contribution in [1.82, 2.24) is 14.8 Å². The first-order chi connectivity index (χ1) is 13.8. The van der Waals surface area contributed by atoms with E-state index in [4.69, 9.17) is 5.10 Å². The number of benzene rings is 3. The lowest BCUT2D eigenvalue weighted by Crippen LogP contribution is -2.38. The standard InChI is InChI=1S/C24H23N3O/c1-2-22(28)23-25-18-27(26-23)24(19-12-6-3-7-13-19,20-14-8-4-9-15-20)21-16-10-5-11-17-21/h3-18,22,28H,2H2,1H3. The van der Waals surface area contributed by atoms with Crippen molar-refractivity contribution >= 4 is 0 Å². The molecule has 4 heteroatoms. The van der Waals surface area contributed by atoms with Crippen LogP contribution < -0.4 is 0 Å². The Morgan fingerprint density at radius 1 is 0.786 bits per heavy atom. The Morgan fingerprint density at radius 3 is 1.61 bits per heavy atom. The first-order valence-corrected chi connectivity index (χ1v) is 9.53. The minimum atomic E-state index is -0.692. The van der Waals surface area contributed by atoms with E-state index in [1.54, 1.807) is 6.33 Å². The topological polar surface area (TPSA) is 50.9 Å². The van der Waals surface area contributed by atoms with Crippen molar-refractivity contribution in [2.75, 3.05) is 0 Å². The van der Waals surface area contributed by atoms with Crippen molar-refractivity contribution in [1.29, 1.82) is 0 Å². The molecule has 0 aliphatic carbocycles. The van der Waals surface area contributed by atoms with Crippen LogP contribution in [0.1, 0.15) is 42.0 Å². The molecule has 0 saturated carbocycles. The quantitative estimate of drug-likeness (QED) is 0.507. The van der Waals surface area contributed by atoms with Gasteiger partial charge in [0.25, 0.3) is 0 Å². The number of hydrogen-bond donors (Lipinski definition) is 1. The average Bonchev–Trinajstić information content (AvgIpc) is 3.26. The summed E-state index contributed by atoms with van der Waals surface area (Å²) in [5, 5.41) is 15.0. The van der Waals surface area contributed by atoms with Crippen LogP contribution in [-0.4, -0.2) is 19.9 Å². The molecule has 0 radical (unpaired) electrons. The van der Waals surface area contributed by atoms with Crippen molar-refractivity contribution in [2.45, 2.75) is 25.0 Å². The average molecular weight is 369 g/mol. The van der Waals surface area contributed by atoms with E-state index in [-0.39, 0.29) is 0 Å². The predicted octanol–water partition coefficient (Wildman–Crippen LogP) is 4.56. The van der Waals surface area contributed by atoms with Crippen LogP contribution in [0.2, 0.25) is 0 Å². The summed E-state index contributed by atoms with van der Waals surface area (Å²) in [7, 11) is 0. The van der Waals surface area contributed by atoms with E-state index in [2.05, 4.69) is 41.4 Å². The fourth-order valence-electron chi connectivity index (χ4n) is 3.71. The molecule has 140 valence electrons. The molecule has 4 nitrogen and oxygen atoms in total. The highest BCUT2D eigenvalue weighted by atomic mass is 16.3. The molecule has 1 unspecified atom stereocenters. The maximum atomic E-state index is 10.3. The zero-order chi connectivity index (χ0) is 19.4. The number of aromatic nitrogens is 3. The smallest absolute Gasteiger partial charge is 0.179 e. The molecule has 4 aromatic rings. The number of nitrogens with zero attached hydrogens (tertiary/aromatic N) is 3. The van der Waals surface area contributed by atoms with Gasteiger partial charge in [0, 0.05) is 0 Å². The third-order valence-corrected chi connectivity index (χ3v) is 5.11. The van der Waals surface area contributed by atoms with E-state index in [9.17, 15) is 5.11 Å². The molecule has 0 saturated heterocycles. The lowest BCUT2D eigenvalue weighted by Gasteiger charge is -2.35. The van der Waals surface area contributed by atoms with Crippen LogP contribution >= 0.6 is 0 Å². The Labute approximate surface area is 165 Å². The second-order valence-corrected chi connectivity index (χ2v) is 6.78. The predicted molar refractivity (Wildman–Crippen MR) is 110 cm³/mol. The molecule has 0 aliphatic heterocycles. The molecule has 1 aromatic heterocycles. The summed E-state index contributed by atoms with van der Waals surface area (Å²) >= 11 is 0. The maximum Gasteiger partial charge on any atom is 0.179 e. The van der Waals surface area contributed by atoms with E-state index in [0.29, 0.717) is 12.2 Å². The Kier molecular flexibility index (Phi) is 5.04. The third-order valence-electron chi connectivity index (χ3n) is 5.11. The zero-order valence-electron chi connectivity index (χ0n) is 15.8. The van der Waals surface area contributed by atoms with E-state index in [1.165, 1.54) is 0 Å². The number of rotatable bonds is 6. The summed E-state index contributed by atoms with van der Waals surface area (Å²) in [5.41, 5.74) is 2.54. The fraction of sp³-hybridized carbons (Fsp3) is 0.167. The zero-order valence-corrected chi connectivity index (χ0v) is 15.8. The Morgan fingerprint density at radius 2 is 1.21 bits per heavy atom. The van der Waals surface area contributed by atoms with Gasteiger partial charge >= 0.3 is 0 Å². The van der Waals surface area contributed by atoms with Crippen LogP contribution in [0.25, 0.3) is 0 Å². The van der Waals surface area contributed by atoms with Crippen molar-refractivity contribution < 1.29 is 5.11 Å². The van der Waals surface area contributed by atoms with Crippen LogP contribution in [0, 0.1) is 0 Å². The molecule has 3 aromatic carbocycles. The van der Waals surface area contributed by atoms with Gasteiger partial charge in [-0.15, -0.1) is 0 Å². The summed E-state index contributed by atoms with van der Waals surface area (Å²) < 4.78 is 1.88. The first-order valence-electron chi connectivity index (χ1n) is 9.53. The second-order valence-electron chi connectivity index (χ2n) is 6.78. The SMILES string of the molecule is CCC(O)c1ncn(C(c2ccccc2)(c2ccccc2)c2ccccc2)n1. The van der Waals surface area contributed by atoms with Gasteiger partial charge in [0.1, 0.15) is 18.0 Å². The van der Waals surface area contributed by atoms with E-state index in [0.717, 1.165) is 16.7 Å². The van der Waals surface area contributed by atoms with Gasteiger partial charge in [-0.2, -0.15) is 5.10 Å². The molecule has 1 N–H and O–H groups in total. The number of hydrogen-bond acceptors (Lipinski definition) is 3. The van der Waals surface area contributed by atoms with Gasteiger partial charge in [-0.25, -0.2) is 9.67 Å². The molecule has 0 amide bonds. The van der Waals surface area contributed by atoms with E-state index < -0.39 is 11.6 Å². The van der Waals surface area contributed by atoms with Gasteiger partial charge in [-0.3, -0.25) is 0 Å². The normalized spacial score (nSPS) is 12.6. The Balaban J connectivity index is 2.06. The molecule has 28 heavy (non-hydrogen) atoms. The Hall–Kier alpha value is -3.24. The van der Waals surface area contributed by atoms with Crippen molar-refractivity contribution in [3.05, 3.63) is 120 Å². The van der Waals surface area contributed by atoms with E-state index >= 15 is 0 Å². The summed E-state index contributed by atoms with van der Waals surface area (Å²) in [6.45, 7) is 1.92. The largest absolute Gasteiger partial charge is 0.385 e. The lowest BCUT2D eigenvalue weighted by molar-refractivity contribution is 0.162. The number of aliphatic hydroxyl groups is 1. The van der Waals surface area contributed by atoms with Crippen LogP contribution in [0.5, 0.6) is 0 Å². The van der Waals surface area contributed by atoms with Gasteiger partial charge in [0.05, 0.1) is 0 Å². The second kappa shape index (κ2) is 7.79. The molecule has 1 heterocycles. The van der Waals surface area contributed by atoms with Crippen LogP contribution in [0.4, 0.5) is 0 Å². The highest BCUT2D eigenvalue weighted by Gasteiger charge is 2.39. The summed E-state index contributed by atoms with van der Waals surface area (Å²) in [5.74, 6) is 0.440. The van der Waals surface area contributed by atoms with Crippen molar-refractivity contribution in [3.8, 4) is 0 Å². The Bertz CT molecular complexity index is 917. The molecule has 0 bridgehead atoms. The minimum absolute atomic E-state index is 0.440. The monoisotopic (exact) mass is 369 g/mol. The molecule has 4 rings (SSSR count). The first kappa shape index (κ1) is 18.1. The van der Waals surface area contributed by atoms with Gasteiger partial charge in [0.15, 0.2) is 5.82 Å². The highest BCUT2D eigenvalue weighted by Crippen LogP contribution is 2.40. The highest BCUT2D eigenvalue weighted by molar-refractivity contribution is 5.50. The maximum absolute atomic E-state index is 10.3. The van der Waals surface area contributed by atoms with Crippen LogP contribution in [-0.2, 0) is 5.54 Å². The van der Waals surface area contributed by atoms with E-state index in [1.807, 2.05) is 66.2 Å². The number of aliphatic hydroxyl groups excluding tert-OH is 1. The minimum Gasteiger partial charge on any atom is -0.385 e. The van der Waals surface area contributed by atoms with Gasteiger partial charge in [-0.1, -0.05) is 97.9 Å². The molecule has 0 fully saturated rings. The fourth-order valence-corrected chi connectivity index (χ4v) is 3.71. The van der Waals surface area contributed by atoms with Crippen LogP contribution in [0.15, 0.2) is 97.3 Å². The molecule has 1 atom stereocenters. The van der Waals surface area contributed by atoms with Gasteiger partial charge in [0.2, 0.25) is 0 Å². The molecular weight excluding hydrogens is 346 g/mol. The summed E-state index contributed by atoms with van der Waals surface area (Å²) in [4.78, 5) is 4.43. The van der Waals surface area contributed by atoms with Gasteiger partial charge in [-0.05, 0) is 23.1 Å². The van der Waals surface area contributed by atoms with Crippen molar-refractivity contribution in [2.24, 2.45) is 0 Å². The summed E-state index contributed by atoms with van der Waals surface area (Å²) in [6.07, 6.45) is 1.61. The van der Waals surface area contributed by atoms with Crippen LogP contribution in [0.3, 0.4) is 0 Å².